The van der Waals surface area contributed by atoms with Crippen molar-refractivity contribution in [2.24, 2.45) is 23.2 Å². The van der Waals surface area contributed by atoms with Crippen LogP contribution in [-0.4, -0.2) is 23.3 Å². The number of nitrogens with zero attached hydrogens (tertiary/aromatic N) is 1. The van der Waals surface area contributed by atoms with Crippen molar-refractivity contribution in [3.8, 4) is 11.6 Å². The first kappa shape index (κ1) is 21.9. The quantitative estimate of drug-likeness (QED) is 0.625. The molecule has 4 fully saturated rings. The summed E-state index contributed by atoms with van der Waals surface area (Å²) in [4.78, 5) is 29.4. The van der Waals surface area contributed by atoms with Gasteiger partial charge in [-0.2, -0.15) is 0 Å². The fourth-order valence-electron chi connectivity index (χ4n) is 6.39. The second kappa shape index (κ2) is 9.12. The van der Waals surface area contributed by atoms with E-state index < -0.39 is 0 Å². The lowest BCUT2D eigenvalue weighted by atomic mass is 9.49. The van der Waals surface area contributed by atoms with E-state index >= 15 is 0 Å². The Balaban J connectivity index is 1.06. The van der Waals surface area contributed by atoms with Gasteiger partial charge in [0, 0.05) is 37.2 Å². The van der Waals surface area contributed by atoms with Crippen LogP contribution in [0.25, 0.3) is 0 Å². The molecule has 0 spiro atoms. The number of nitrogens with one attached hydrogen (secondary N) is 2. The SMILES string of the molecule is O=C(CCNC(=O)C12CC3CC(CC(C3)C1)C2)NCc1ccnc(Oc2ccc(F)cc2)c1. The van der Waals surface area contributed by atoms with E-state index in [4.69, 9.17) is 4.74 Å². The third-order valence-electron chi connectivity index (χ3n) is 7.48. The maximum atomic E-state index is 13.0. The summed E-state index contributed by atoms with van der Waals surface area (Å²) < 4.78 is 18.7. The van der Waals surface area contributed by atoms with Gasteiger partial charge >= 0.3 is 0 Å². The number of hydrogen-bond donors (Lipinski definition) is 2. The summed E-state index contributed by atoms with van der Waals surface area (Å²) in [5.41, 5.74) is 0.663. The number of rotatable bonds is 8. The average Bonchev–Trinajstić information content (AvgIpc) is 2.78. The van der Waals surface area contributed by atoms with Gasteiger partial charge in [-0.25, -0.2) is 9.37 Å². The molecule has 33 heavy (non-hydrogen) atoms. The fourth-order valence-corrected chi connectivity index (χ4v) is 6.39. The van der Waals surface area contributed by atoms with E-state index in [1.54, 1.807) is 18.3 Å². The molecule has 2 amide bonds. The maximum Gasteiger partial charge on any atom is 0.226 e. The second-order valence-corrected chi connectivity index (χ2v) is 10.0. The van der Waals surface area contributed by atoms with Crippen molar-refractivity contribution in [2.45, 2.75) is 51.5 Å². The Labute approximate surface area is 193 Å². The highest BCUT2D eigenvalue weighted by Gasteiger charge is 2.54. The Morgan fingerprint density at radius 1 is 1.00 bits per heavy atom. The van der Waals surface area contributed by atoms with Crippen molar-refractivity contribution >= 4 is 11.8 Å². The zero-order valence-corrected chi connectivity index (χ0v) is 18.7. The third-order valence-corrected chi connectivity index (χ3v) is 7.48. The normalized spacial score (nSPS) is 27.2. The predicted octanol–water partition coefficient (Wildman–Crippen LogP) is 4.35. The van der Waals surface area contributed by atoms with Crippen LogP contribution in [0.5, 0.6) is 11.6 Å². The summed E-state index contributed by atoms with van der Waals surface area (Å²) in [6, 6.07) is 9.24. The Kier molecular flexibility index (Phi) is 6.04. The molecule has 0 unspecified atom stereocenters. The first-order chi connectivity index (χ1) is 16.0. The van der Waals surface area contributed by atoms with Crippen LogP contribution in [0.4, 0.5) is 4.39 Å². The summed E-state index contributed by atoms with van der Waals surface area (Å²) in [7, 11) is 0. The molecule has 0 radical (unpaired) electrons. The van der Waals surface area contributed by atoms with E-state index in [2.05, 4.69) is 15.6 Å². The Morgan fingerprint density at radius 3 is 2.33 bits per heavy atom. The molecule has 4 saturated carbocycles. The Bertz CT molecular complexity index is 988. The minimum atomic E-state index is -0.333. The molecule has 1 aromatic heterocycles. The lowest BCUT2D eigenvalue weighted by Crippen LogP contribution is -2.53. The van der Waals surface area contributed by atoms with Crippen molar-refractivity contribution < 1.29 is 18.7 Å². The Hall–Kier alpha value is -2.96. The molecule has 6 rings (SSSR count). The highest BCUT2D eigenvalue weighted by molar-refractivity contribution is 5.84. The van der Waals surface area contributed by atoms with E-state index in [0.29, 0.717) is 24.7 Å². The molecular weight excluding hydrogens is 421 g/mol. The van der Waals surface area contributed by atoms with Gasteiger partial charge in [0.1, 0.15) is 11.6 Å². The molecule has 1 heterocycles. The molecule has 174 valence electrons. The largest absolute Gasteiger partial charge is 0.439 e. The summed E-state index contributed by atoms with van der Waals surface area (Å²) in [6.07, 6.45) is 8.86. The number of carbonyl (C=O) groups is 2. The molecule has 1 aromatic carbocycles. The van der Waals surface area contributed by atoms with Crippen LogP contribution < -0.4 is 15.4 Å². The molecule has 0 atom stereocenters. The van der Waals surface area contributed by atoms with Crippen molar-refractivity contribution in [1.29, 1.82) is 0 Å². The first-order valence-electron chi connectivity index (χ1n) is 11.9. The molecule has 0 saturated heterocycles. The zero-order chi connectivity index (χ0) is 22.8. The van der Waals surface area contributed by atoms with E-state index in [-0.39, 0.29) is 29.5 Å². The summed E-state index contributed by atoms with van der Waals surface area (Å²) in [5, 5.41) is 5.94. The van der Waals surface area contributed by atoms with Crippen LogP contribution in [0.1, 0.15) is 50.5 Å². The van der Waals surface area contributed by atoms with Gasteiger partial charge in [-0.15, -0.1) is 0 Å². The number of amides is 2. The number of aromatic nitrogens is 1. The van der Waals surface area contributed by atoms with Crippen molar-refractivity contribution in [2.75, 3.05) is 6.54 Å². The van der Waals surface area contributed by atoms with Crippen LogP contribution in [0.15, 0.2) is 42.6 Å². The number of hydrogen-bond acceptors (Lipinski definition) is 4. The molecule has 4 bridgehead atoms. The van der Waals surface area contributed by atoms with Gasteiger partial charge in [-0.3, -0.25) is 9.59 Å². The summed E-state index contributed by atoms with van der Waals surface area (Å²) in [6.45, 7) is 0.700. The number of ether oxygens (including phenoxy) is 1. The third kappa shape index (κ3) is 5.02. The lowest BCUT2D eigenvalue weighted by molar-refractivity contribution is -0.146. The molecule has 7 heteroatoms. The van der Waals surface area contributed by atoms with Gasteiger partial charge in [0.15, 0.2) is 0 Å². The van der Waals surface area contributed by atoms with Crippen molar-refractivity contribution in [1.82, 2.24) is 15.6 Å². The molecule has 2 aromatic rings. The van der Waals surface area contributed by atoms with Crippen LogP contribution in [-0.2, 0) is 16.1 Å². The van der Waals surface area contributed by atoms with E-state index in [0.717, 1.165) is 42.6 Å². The molecule has 0 aliphatic heterocycles. The van der Waals surface area contributed by atoms with Gasteiger partial charge in [0.05, 0.1) is 0 Å². The summed E-state index contributed by atoms with van der Waals surface area (Å²) in [5.74, 6) is 2.74. The van der Waals surface area contributed by atoms with Gasteiger partial charge < -0.3 is 15.4 Å². The topological polar surface area (TPSA) is 80.3 Å². The number of benzene rings is 1. The van der Waals surface area contributed by atoms with Crippen molar-refractivity contribution in [3.63, 3.8) is 0 Å². The fraction of sp³-hybridized carbons (Fsp3) is 0.500. The lowest BCUT2D eigenvalue weighted by Gasteiger charge is -2.55. The minimum Gasteiger partial charge on any atom is -0.439 e. The van der Waals surface area contributed by atoms with Gasteiger partial charge in [-0.1, -0.05) is 0 Å². The maximum absolute atomic E-state index is 13.0. The second-order valence-electron chi connectivity index (χ2n) is 10.0. The van der Waals surface area contributed by atoms with E-state index in [1.807, 2.05) is 0 Å². The predicted molar refractivity (Wildman–Crippen MR) is 121 cm³/mol. The average molecular weight is 452 g/mol. The first-order valence-corrected chi connectivity index (χ1v) is 11.9. The van der Waals surface area contributed by atoms with Crippen LogP contribution >= 0.6 is 0 Å². The van der Waals surface area contributed by atoms with Gasteiger partial charge in [0.25, 0.3) is 0 Å². The molecule has 2 N–H and O–H groups in total. The Morgan fingerprint density at radius 2 is 1.67 bits per heavy atom. The zero-order valence-electron chi connectivity index (χ0n) is 18.7. The van der Waals surface area contributed by atoms with Crippen LogP contribution in [0.3, 0.4) is 0 Å². The smallest absolute Gasteiger partial charge is 0.226 e. The number of halogens is 1. The molecule has 4 aliphatic carbocycles. The van der Waals surface area contributed by atoms with E-state index in [9.17, 15) is 14.0 Å². The van der Waals surface area contributed by atoms with Crippen molar-refractivity contribution in [3.05, 3.63) is 54.0 Å². The highest BCUT2D eigenvalue weighted by atomic mass is 19.1. The molecule has 4 aliphatic rings. The van der Waals surface area contributed by atoms with E-state index in [1.165, 1.54) is 43.5 Å². The van der Waals surface area contributed by atoms with Crippen LogP contribution in [0, 0.1) is 29.0 Å². The van der Waals surface area contributed by atoms with Gasteiger partial charge in [0.2, 0.25) is 17.7 Å². The highest BCUT2D eigenvalue weighted by Crippen LogP contribution is 2.60. The summed E-state index contributed by atoms with van der Waals surface area (Å²) >= 11 is 0. The van der Waals surface area contributed by atoms with Gasteiger partial charge in [-0.05, 0) is 92.2 Å². The molecule has 6 nitrogen and oxygen atoms in total. The minimum absolute atomic E-state index is 0.112. The number of pyridine rings is 1. The van der Waals surface area contributed by atoms with Crippen LogP contribution in [0.2, 0.25) is 0 Å². The monoisotopic (exact) mass is 451 g/mol. The molecular formula is C26H30FN3O3. The number of carbonyl (C=O) groups excluding carboxylic acids is 2. The standard InChI is InChI=1S/C26H30FN3O3/c27-21-1-3-22(4-2-21)33-24-12-17(5-7-28-24)16-30-23(31)6-8-29-25(32)26-13-18-9-19(14-26)11-20(10-18)15-26/h1-5,7,12,18-20H,6,8-11,13-16H2,(H,29,32)(H,30,31).